The predicted octanol–water partition coefficient (Wildman–Crippen LogP) is 2.76. The summed E-state index contributed by atoms with van der Waals surface area (Å²) in [6, 6.07) is 0. The van der Waals surface area contributed by atoms with Crippen LogP contribution in [0.1, 0.15) is 6.92 Å². The third-order valence-electron chi connectivity index (χ3n) is 0.605. The molecule has 0 nitrogen and oxygen atoms in total. The molecule has 0 rings (SSSR count). The van der Waals surface area contributed by atoms with Gasteiger partial charge in [-0.3, -0.25) is 0 Å². The Labute approximate surface area is 65.5 Å². The molecule has 0 saturated carbocycles. The van der Waals surface area contributed by atoms with Crippen molar-refractivity contribution >= 4 is 0 Å². The van der Waals surface area contributed by atoms with E-state index in [4.69, 9.17) is 0 Å². The van der Waals surface area contributed by atoms with Crippen LogP contribution in [0, 0.1) is 0 Å². The first-order chi connectivity index (χ1) is 4.41. The molecule has 9 heavy (non-hydrogen) atoms. The number of hydrogen-bond acceptors (Lipinski definition) is 0. The molecule has 0 aromatic carbocycles. The molecule has 0 aliphatic rings. The SMILES string of the molecule is C=C[CH2][Pd][CH]=CC=CC. The van der Waals surface area contributed by atoms with E-state index < -0.39 is 0 Å². The Balaban J connectivity index is 3.14. The maximum atomic E-state index is 3.64. The standard InChI is InChI=1S/C5H7.C3H5.Pd/c1-3-5-4-2;1-3-2;/h1,3-5H,2H3;3H,1-2H2;. The van der Waals surface area contributed by atoms with E-state index in [1.54, 1.807) is 0 Å². The van der Waals surface area contributed by atoms with E-state index in [0.717, 1.165) is 22.9 Å². The van der Waals surface area contributed by atoms with Crippen LogP contribution in [-0.4, -0.2) is 0 Å². The Morgan fingerprint density at radius 2 is 2.22 bits per heavy atom. The van der Waals surface area contributed by atoms with Gasteiger partial charge in [0.15, 0.2) is 0 Å². The summed E-state index contributed by atoms with van der Waals surface area (Å²) < 4.78 is 2.19. The van der Waals surface area contributed by atoms with E-state index >= 15 is 0 Å². The van der Waals surface area contributed by atoms with Crippen LogP contribution in [0.5, 0.6) is 0 Å². The number of allylic oxidation sites excluding steroid dienone is 4. The van der Waals surface area contributed by atoms with Crippen LogP contribution in [0.25, 0.3) is 0 Å². The van der Waals surface area contributed by atoms with E-state index in [-0.39, 0.29) is 0 Å². The molecule has 0 aliphatic heterocycles. The molecule has 1 heteroatoms. The van der Waals surface area contributed by atoms with Crippen molar-refractivity contribution in [3.8, 4) is 0 Å². The van der Waals surface area contributed by atoms with Crippen LogP contribution < -0.4 is 0 Å². The van der Waals surface area contributed by atoms with Gasteiger partial charge >= 0.3 is 65.2 Å². The zero-order valence-electron chi connectivity index (χ0n) is 5.62. The first-order valence-corrected chi connectivity index (χ1v) is 4.80. The van der Waals surface area contributed by atoms with Crippen LogP contribution in [0.4, 0.5) is 0 Å². The van der Waals surface area contributed by atoms with Gasteiger partial charge in [-0.05, 0) is 0 Å². The van der Waals surface area contributed by atoms with Crippen molar-refractivity contribution in [2.45, 2.75) is 11.8 Å². The molecule has 0 aromatic heterocycles. The molecule has 0 N–H and O–H groups in total. The Morgan fingerprint density at radius 1 is 1.44 bits per heavy atom. The molecule has 0 aliphatic carbocycles. The maximum absolute atomic E-state index is 3.64. The summed E-state index contributed by atoms with van der Waals surface area (Å²) in [4.78, 5) is 1.13. The molecule has 54 valence electrons. The summed E-state index contributed by atoms with van der Waals surface area (Å²) in [5, 5.41) is 0. The van der Waals surface area contributed by atoms with Crippen molar-refractivity contribution in [3.63, 3.8) is 0 Å². The van der Waals surface area contributed by atoms with Gasteiger partial charge in [0.25, 0.3) is 0 Å². The second-order valence-electron chi connectivity index (χ2n) is 1.37. The number of rotatable bonds is 4. The number of hydrogen-bond donors (Lipinski definition) is 0. The summed E-state index contributed by atoms with van der Waals surface area (Å²) >= 11 is 0.722. The normalized spacial score (nSPS) is 11.7. The fraction of sp³-hybridized carbons (Fsp3) is 0.250. The fourth-order valence-corrected chi connectivity index (χ4v) is 1.14. The monoisotopic (exact) mass is 214 g/mol. The second-order valence-corrected chi connectivity index (χ2v) is 3.16. The van der Waals surface area contributed by atoms with E-state index in [0.29, 0.717) is 0 Å². The van der Waals surface area contributed by atoms with Gasteiger partial charge in [-0.25, -0.2) is 0 Å². The predicted molar refractivity (Wildman–Crippen MR) is 39.0 cm³/mol. The van der Waals surface area contributed by atoms with Crippen LogP contribution in [-0.2, 0) is 18.0 Å². The van der Waals surface area contributed by atoms with Gasteiger partial charge in [0.1, 0.15) is 0 Å². The third-order valence-corrected chi connectivity index (χ3v) is 2.09. The van der Waals surface area contributed by atoms with Gasteiger partial charge in [-0.15, -0.1) is 0 Å². The zero-order valence-corrected chi connectivity index (χ0v) is 7.17. The topological polar surface area (TPSA) is 0 Å². The molecular weight excluding hydrogens is 203 g/mol. The van der Waals surface area contributed by atoms with Gasteiger partial charge in [0.05, 0.1) is 0 Å². The van der Waals surface area contributed by atoms with Crippen molar-refractivity contribution in [1.29, 1.82) is 0 Å². The summed E-state index contributed by atoms with van der Waals surface area (Å²) in [5.41, 5.74) is 0. The Kier molecular flexibility index (Phi) is 7.78. The second kappa shape index (κ2) is 7.88. The van der Waals surface area contributed by atoms with Crippen LogP contribution in [0.15, 0.2) is 35.4 Å². The van der Waals surface area contributed by atoms with Crippen molar-refractivity contribution in [2.75, 3.05) is 0 Å². The summed E-state index contributed by atoms with van der Waals surface area (Å²) in [5.74, 6) is 0. The first-order valence-electron chi connectivity index (χ1n) is 2.80. The van der Waals surface area contributed by atoms with E-state index in [1.807, 2.05) is 25.2 Å². The minimum atomic E-state index is 0.722. The Morgan fingerprint density at radius 3 is 2.78 bits per heavy atom. The van der Waals surface area contributed by atoms with Gasteiger partial charge < -0.3 is 0 Å². The average molecular weight is 215 g/mol. The van der Waals surface area contributed by atoms with Gasteiger partial charge in [-0.1, -0.05) is 0 Å². The third kappa shape index (κ3) is 7.88. The molecule has 0 amide bonds. The van der Waals surface area contributed by atoms with E-state index in [9.17, 15) is 0 Å². The van der Waals surface area contributed by atoms with Crippen molar-refractivity contribution in [3.05, 3.63) is 35.4 Å². The molecule has 0 fully saturated rings. The molecule has 0 aromatic rings. The van der Waals surface area contributed by atoms with Crippen molar-refractivity contribution < 1.29 is 18.0 Å². The zero-order chi connectivity index (χ0) is 6.95. The van der Waals surface area contributed by atoms with Crippen molar-refractivity contribution in [1.82, 2.24) is 0 Å². The molecule has 0 radical (unpaired) electrons. The Bertz CT molecular complexity index is 112. The molecular formula is C8H12Pd. The van der Waals surface area contributed by atoms with Crippen LogP contribution >= 0.6 is 0 Å². The van der Waals surface area contributed by atoms with Gasteiger partial charge in [0.2, 0.25) is 0 Å². The first kappa shape index (κ1) is 8.88. The molecule has 0 saturated heterocycles. The van der Waals surface area contributed by atoms with Crippen LogP contribution in [0.2, 0.25) is 4.89 Å². The van der Waals surface area contributed by atoms with Crippen LogP contribution in [0.3, 0.4) is 0 Å². The summed E-state index contributed by atoms with van der Waals surface area (Å²) in [6.07, 6.45) is 8.10. The van der Waals surface area contributed by atoms with E-state index in [2.05, 4.69) is 17.2 Å². The summed E-state index contributed by atoms with van der Waals surface area (Å²) in [6.45, 7) is 5.66. The quantitative estimate of drug-likeness (QED) is 0.292. The minimum absolute atomic E-state index is 0.722. The average Bonchev–Trinajstić information content (AvgIpc) is 1.89. The van der Waals surface area contributed by atoms with Gasteiger partial charge in [-0.2, -0.15) is 0 Å². The summed E-state index contributed by atoms with van der Waals surface area (Å²) in [7, 11) is 0. The molecule has 0 bridgehead atoms. The molecule has 0 heterocycles. The van der Waals surface area contributed by atoms with E-state index in [1.165, 1.54) is 0 Å². The fourth-order valence-electron chi connectivity index (χ4n) is 0.285. The molecule has 0 atom stereocenters. The Hall–Kier alpha value is -0.118. The molecule has 0 unspecified atom stereocenters. The van der Waals surface area contributed by atoms with Gasteiger partial charge in [0, 0.05) is 0 Å². The molecule has 0 spiro atoms. The van der Waals surface area contributed by atoms with Crippen molar-refractivity contribution in [2.24, 2.45) is 0 Å².